The van der Waals surface area contributed by atoms with Gasteiger partial charge in [-0.3, -0.25) is 4.79 Å². The molecule has 1 aromatic rings. The summed E-state index contributed by atoms with van der Waals surface area (Å²) in [4.78, 5) is 11.2. The van der Waals surface area contributed by atoms with Crippen LogP contribution in [0.1, 0.15) is 23.6 Å². The predicted molar refractivity (Wildman–Crippen MR) is 63.6 cm³/mol. The molecule has 1 aromatic carbocycles. The zero-order valence-corrected chi connectivity index (χ0v) is 9.42. The number of hydrogen-bond donors (Lipinski definition) is 2. The summed E-state index contributed by atoms with van der Waals surface area (Å²) < 4.78 is 0. The first-order chi connectivity index (χ1) is 7.79. The highest BCUT2D eigenvalue weighted by molar-refractivity contribution is 5.87. The highest BCUT2D eigenvalue weighted by atomic mass is 16.1. The molecule has 16 heavy (non-hydrogen) atoms. The van der Waals surface area contributed by atoms with Gasteiger partial charge in [-0.15, -0.1) is 0 Å². The van der Waals surface area contributed by atoms with Crippen molar-refractivity contribution in [2.45, 2.75) is 26.6 Å². The van der Waals surface area contributed by atoms with Gasteiger partial charge < -0.3 is 10.6 Å². The summed E-state index contributed by atoms with van der Waals surface area (Å²) in [5.41, 5.74) is 3.86. The Bertz CT molecular complexity index is 424. The molecule has 1 aliphatic rings. The second kappa shape index (κ2) is 4.94. The van der Waals surface area contributed by atoms with E-state index in [1.807, 2.05) is 6.92 Å². The maximum absolute atomic E-state index is 11.2. The quantitative estimate of drug-likeness (QED) is 0.751. The molecule has 3 nitrogen and oxygen atoms in total. The number of allylic oxidation sites excluding steroid dienone is 1. The van der Waals surface area contributed by atoms with Gasteiger partial charge in [0.25, 0.3) is 0 Å². The molecular formula is C13H16N2O. The van der Waals surface area contributed by atoms with Gasteiger partial charge in [-0.25, -0.2) is 0 Å². The molecule has 0 unspecified atom stereocenters. The summed E-state index contributed by atoms with van der Waals surface area (Å²) in [5.74, 6) is -0.0406. The average Bonchev–Trinajstić information content (AvgIpc) is 2.74. The lowest BCUT2D eigenvalue weighted by Crippen LogP contribution is -2.20. The van der Waals surface area contributed by atoms with Crippen molar-refractivity contribution in [3.8, 4) is 0 Å². The SMILES string of the molecule is C/C=C/C(=O)NCc1ccc2c(c1)CNC2. The first-order valence-electron chi connectivity index (χ1n) is 5.51. The second-order valence-corrected chi connectivity index (χ2v) is 3.92. The lowest BCUT2D eigenvalue weighted by molar-refractivity contribution is -0.116. The third-order valence-electron chi connectivity index (χ3n) is 2.69. The van der Waals surface area contributed by atoms with Crippen LogP contribution in [-0.2, 0) is 24.4 Å². The van der Waals surface area contributed by atoms with Crippen LogP contribution >= 0.6 is 0 Å². The van der Waals surface area contributed by atoms with Crippen LogP contribution in [0.15, 0.2) is 30.4 Å². The Balaban J connectivity index is 1.98. The molecule has 3 heteroatoms. The van der Waals surface area contributed by atoms with Gasteiger partial charge in [-0.1, -0.05) is 24.3 Å². The predicted octanol–water partition coefficient (Wildman–Crippen LogP) is 1.48. The Labute approximate surface area is 95.6 Å². The van der Waals surface area contributed by atoms with E-state index in [1.54, 1.807) is 6.08 Å². The Morgan fingerprint density at radius 1 is 1.44 bits per heavy atom. The van der Waals surface area contributed by atoms with E-state index < -0.39 is 0 Å². The summed E-state index contributed by atoms with van der Waals surface area (Å²) >= 11 is 0. The van der Waals surface area contributed by atoms with Crippen molar-refractivity contribution in [1.82, 2.24) is 10.6 Å². The third kappa shape index (κ3) is 2.49. The molecule has 0 aromatic heterocycles. The third-order valence-corrected chi connectivity index (χ3v) is 2.69. The molecule has 1 amide bonds. The maximum atomic E-state index is 11.2. The molecule has 0 saturated carbocycles. The molecule has 84 valence electrons. The Hall–Kier alpha value is -1.61. The highest BCUT2D eigenvalue weighted by Gasteiger charge is 2.09. The molecular weight excluding hydrogens is 200 g/mol. The topological polar surface area (TPSA) is 41.1 Å². The monoisotopic (exact) mass is 216 g/mol. The van der Waals surface area contributed by atoms with Crippen LogP contribution in [0.4, 0.5) is 0 Å². The normalized spacial score (nSPS) is 14.1. The molecule has 0 bridgehead atoms. The summed E-state index contributed by atoms with van der Waals surface area (Å²) in [7, 11) is 0. The second-order valence-electron chi connectivity index (χ2n) is 3.92. The van der Waals surface area contributed by atoms with E-state index >= 15 is 0 Å². The number of rotatable bonds is 3. The molecule has 0 radical (unpaired) electrons. The van der Waals surface area contributed by atoms with Crippen molar-refractivity contribution in [1.29, 1.82) is 0 Å². The van der Waals surface area contributed by atoms with E-state index in [1.165, 1.54) is 17.2 Å². The summed E-state index contributed by atoms with van der Waals surface area (Å²) in [6.45, 7) is 4.32. The van der Waals surface area contributed by atoms with Gasteiger partial charge in [0, 0.05) is 19.6 Å². The van der Waals surface area contributed by atoms with Crippen LogP contribution in [0.5, 0.6) is 0 Å². The summed E-state index contributed by atoms with van der Waals surface area (Å²) in [6, 6.07) is 6.36. The number of amides is 1. The van der Waals surface area contributed by atoms with Crippen molar-refractivity contribution in [2.75, 3.05) is 0 Å². The molecule has 0 saturated heterocycles. The first-order valence-corrected chi connectivity index (χ1v) is 5.51. The first kappa shape index (κ1) is 10.9. The molecule has 1 aliphatic heterocycles. The van der Waals surface area contributed by atoms with E-state index in [0.29, 0.717) is 6.54 Å². The van der Waals surface area contributed by atoms with Crippen LogP contribution in [0.3, 0.4) is 0 Å². The minimum Gasteiger partial charge on any atom is -0.348 e. The lowest BCUT2D eigenvalue weighted by Gasteiger charge is -2.05. The minimum atomic E-state index is -0.0406. The van der Waals surface area contributed by atoms with Crippen LogP contribution in [0.25, 0.3) is 0 Å². The number of benzene rings is 1. The number of fused-ring (bicyclic) bond motifs is 1. The fourth-order valence-corrected chi connectivity index (χ4v) is 1.86. The standard InChI is InChI=1S/C13H16N2O/c1-2-3-13(16)15-7-10-4-5-11-8-14-9-12(11)6-10/h2-6,14H,7-9H2,1H3,(H,15,16)/b3-2+. The zero-order valence-electron chi connectivity index (χ0n) is 9.42. The van der Waals surface area contributed by atoms with Gasteiger partial charge in [0.15, 0.2) is 0 Å². The molecule has 1 heterocycles. The Morgan fingerprint density at radius 3 is 3.06 bits per heavy atom. The fourth-order valence-electron chi connectivity index (χ4n) is 1.86. The van der Waals surface area contributed by atoms with Crippen molar-refractivity contribution < 1.29 is 4.79 Å². The smallest absolute Gasteiger partial charge is 0.243 e. The Morgan fingerprint density at radius 2 is 2.25 bits per heavy atom. The van der Waals surface area contributed by atoms with Crippen molar-refractivity contribution in [3.05, 3.63) is 47.0 Å². The molecule has 0 fully saturated rings. The summed E-state index contributed by atoms with van der Waals surface area (Å²) in [6.07, 6.45) is 3.27. The largest absolute Gasteiger partial charge is 0.348 e. The van der Waals surface area contributed by atoms with E-state index in [2.05, 4.69) is 28.8 Å². The van der Waals surface area contributed by atoms with Gasteiger partial charge in [0.2, 0.25) is 5.91 Å². The van der Waals surface area contributed by atoms with Crippen molar-refractivity contribution in [2.24, 2.45) is 0 Å². The van der Waals surface area contributed by atoms with Gasteiger partial charge in [-0.05, 0) is 29.7 Å². The minimum absolute atomic E-state index is 0.0406. The van der Waals surface area contributed by atoms with Crippen LogP contribution in [0, 0.1) is 0 Å². The Kier molecular flexibility index (Phi) is 3.37. The highest BCUT2D eigenvalue weighted by Crippen LogP contribution is 2.16. The molecule has 2 rings (SSSR count). The van der Waals surface area contributed by atoms with Gasteiger partial charge >= 0.3 is 0 Å². The van der Waals surface area contributed by atoms with E-state index in [4.69, 9.17) is 0 Å². The summed E-state index contributed by atoms with van der Waals surface area (Å²) in [5, 5.41) is 6.15. The van der Waals surface area contributed by atoms with Crippen LogP contribution < -0.4 is 10.6 Å². The molecule has 0 spiro atoms. The zero-order chi connectivity index (χ0) is 11.4. The number of nitrogens with one attached hydrogen (secondary N) is 2. The number of carbonyl (C=O) groups excluding carboxylic acids is 1. The van der Waals surface area contributed by atoms with E-state index in [9.17, 15) is 4.79 Å². The van der Waals surface area contributed by atoms with Gasteiger partial charge in [0.1, 0.15) is 0 Å². The van der Waals surface area contributed by atoms with Crippen LogP contribution in [0.2, 0.25) is 0 Å². The average molecular weight is 216 g/mol. The van der Waals surface area contributed by atoms with E-state index in [-0.39, 0.29) is 5.91 Å². The van der Waals surface area contributed by atoms with Gasteiger partial charge in [0.05, 0.1) is 0 Å². The number of hydrogen-bond acceptors (Lipinski definition) is 2. The molecule has 0 atom stereocenters. The fraction of sp³-hybridized carbons (Fsp3) is 0.308. The molecule has 0 aliphatic carbocycles. The lowest BCUT2D eigenvalue weighted by atomic mass is 10.1. The maximum Gasteiger partial charge on any atom is 0.243 e. The number of carbonyl (C=O) groups is 1. The van der Waals surface area contributed by atoms with Crippen molar-refractivity contribution >= 4 is 5.91 Å². The van der Waals surface area contributed by atoms with Crippen LogP contribution in [-0.4, -0.2) is 5.91 Å². The van der Waals surface area contributed by atoms with Crippen molar-refractivity contribution in [3.63, 3.8) is 0 Å². The van der Waals surface area contributed by atoms with Gasteiger partial charge in [-0.2, -0.15) is 0 Å². The molecule has 2 N–H and O–H groups in total. The van der Waals surface area contributed by atoms with E-state index in [0.717, 1.165) is 18.7 Å².